The molecule has 0 radical (unpaired) electrons. The number of hydrogen-bond donors (Lipinski definition) is 2. The van der Waals surface area contributed by atoms with Crippen molar-refractivity contribution in [2.45, 2.75) is 32.2 Å². The number of aromatic amines is 1. The van der Waals surface area contributed by atoms with Crippen LogP contribution in [0.1, 0.15) is 29.5 Å². The fourth-order valence-corrected chi connectivity index (χ4v) is 3.83. The van der Waals surface area contributed by atoms with Crippen LogP contribution in [0, 0.1) is 6.92 Å². The summed E-state index contributed by atoms with van der Waals surface area (Å²) in [7, 11) is 0. The number of nitrogens with one attached hydrogen (secondary N) is 2. The predicted octanol–water partition coefficient (Wildman–Crippen LogP) is 4.85. The minimum Gasteiger partial charge on any atom is -0.361 e. The van der Waals surface area contributed by atoms with Crippen LogP contribution in [-0.2, 0) is 6.42 Å². The van der Waals surface area contributed by atoms with Gasteiger partial charge in [0.15, 0.2) is 0 Å². The van der Waals surface area contributed by atoms with Crippen LogP contribution in [0.15, 0.2) is 60.8 Å². The van der Waals surface area contributed by atoms with Crippen molar-refractivity contribution in [3.8, 4) is 0 Å². The Labute approximate surface area is 143 Å². The lowest BCUT2D eigenvalue weighted by atomic mass is 9.90. The van der Waals surface area contributed by atoms with E-state index in [0.29, 0.717) is 6.04 Å². The van der Waals surface area contributed by atoms with Crippen LogP contribution in [-0.4, -0.2) is 17.6 Å². The van der Waals surface area contributed by atoms with Crippen LogP contribution in [0.2, 0.25) is 0 Å². The van der Waals surface area contributed by atoms with E-state index in [0.717, 1.165) is 19.4 Å². The van der Waals surface area contributed by atoms with Crippen molar-refractivity contribution in [1.82, 2.24) is 10.3 Å². The van der Waals surface area contributed by atoms with Crippen LogP contribution in [0.5, 0.6) is 0 Å². The minimum atomic E-state index is 0.554. The van der Waals surface area contributed by atoms with Gasteiger partial charge >= 0.3 is 0 Å². The van der Waals surface area contributed by atoms with Crippen molar-refractivity contribution in [2.75, 3.05) is 6.54 Å². The number of aryl methyl sites for hydroxylation is 2. The second-order valence-corrected chi connectivity index (χ2v) is 6.75. The van der Waals surface area contributed by atoms with E-state index < -0.39 is 0 Å². The number of aromatic nitrogens is 1. The minimum absolute atomic E-state index is 0.554. The van der Waals surface area contributed by atoms with E-state index in [9.17, 15) is 0 Å². The van der Waals surface area contributed by atoms with Gasteiger partial charge in [-0.2, -0.15) is 0 Å². The number of hydrogen-bond acceptors (Lipinski definition) is 1. The Morgan fingerprint density at radius 2 is 1.96 bits per heavy atom. The highest BCUT2D eigenvalue weighted by atomic mass is 14.9. The van der Waals surface area contributed by atoms with Crippen LogP contribution >= 0.6 is 0 Å². The molecule has 0 aliphatic carbocycles. The summed E-state index contributed by atoms with van der Waals surface area (Å²) < 4.78 is 0. The van der Waals surface area contributed by atoms with Gasteiger partial charge < -0.3 is 10.3 Å². The number of rotatable bonds is 4. The van der Waals surface area contributed by atoms with Gasteiger partial charge in [0, 0.05) is 29.7 Å². The van der Waals surface area contributed by atoms with Gasteiger partial charge in [-0.05, 0) is 60.6 Å². The molecule has 1 aromatic heterocycles. The third kappa shape index (κ3) is 3.02. The van der Waals surface area contributed by atoms with Gasteiger partial charge in [-0.3, -0.25) is 0 Å². The third-order valence-electron chi connectivity index (χ3n) is 5.16. The van der Waals surface area contributed by atoms with E-state index in [1.54, 1.807) is 0 Å². The number of H-pyrrole nitrogens is 1. The molecule has 1 unspecified atom stereocenters. The lowest BCUT2D eigenvalue weighted by Crippen LogP contribution is -2.33. The second kappa shape index (κ2) is 6.66. The Bertz CT molecular complexity index is 872. The summed E-state index contributed by atoms with van der Waals surface area (Å²) in [4.78, 5) is 3.31. The molecule has 2 nitrogen and oxygen atoms in total. The summed E-state index contributed by atoms with van der Waals surface area (Å²) in [5, 5.41) is 5.03. The van der Waals surface area contributed by atoms with Crippen molar-refractivity contribution in [2.24, 2.45) is 0 Å². The van der Waals surface area contributed by atoms with Crippen molar-refractivity contribution in [3.63, 3.8) is 0 Å². The molecule has 122 valence electrons. The highest BCUT2D eigenvalue weighted by molar-refractivity contribution is 5.82. The average molecular weight is 316 g/mol. The maximum absolute atomic E-state index is 3.67. The van der Waals surface area contributed by atoms with E-state index >= 15 is 0 Å². The molecule has 2 aromatic carbocycles. The molecule has 0 saturated heterocycles. The Kier molecular flexibility index (Phi) is 4.22. The zero-order chi connectivity index (χ0) is 16.4. The molecule has 2 heteroatoms. The molecule has 2 N–H and O–H groups in total. The molecule has 1 atom stereocenters. The first-order chi connectivity index (χ1) is 11.8. The molecule has 2 heterocycles. The zero-order valence-corrected chi connectivity index (χ0v) is 14.2. The summed E-state index contributed by atoms with van der Waals surface area (Å²) >= 11 is 0. The van der Waals surface area contributed by atoms with E-state index in [1.165, 1.54) is 39.6 Å². The van der Waals surface area contributed by atoms with Gasteiger partial charge in [-0.1, -0.05) is 42.5 Å². The Morgan fingerprint density at radius 1 is 1.04 bits per heavy atom. The first-order valence-electron chi connectivity index (χ1n) is 8.84. The van der Waals surface area contributed by atoms with Gasteiger partial charge in [0.25, 0.3) is 0 Å². The Hall–Kier alpha value is -2.32. The quantitative estimate of drug-likeness (QED) is 0.707. The van der Waals surface area contributed by atoms with E-state index in [4.69, 9.17) is 0 Å². The third-order valence-corrected chi connectivity index (χ3v) is 5.16. The fraction of sp³-hybridized carbons (Fsp3) is 0.273. The lowest BCUT2D eigenvalue weighted by molar-refractivity contribution is 0.502. The summed E-state index contributed by atoms with van der Waals surface area (Å²) in [5.41, 5.74) is 6.97. The SMILES string of the molecule is Cc1ccccc1C1=CCNC(CCc2cccc3[nH]ccc23)C1. The van der Waals surface area contributed by atoms with Crippen molar-refractivity contribution >= 4 is 16.5 Å². The van der Waals surface area contributed by atoms with Crippen LogP contribution in [0.3, 0.4) is 0 Å². The van der Waals surface area contributed by atoms with Crippen molar-refractivity contribution in [1.29, 1.82) is 0 Å². The molecule has 1 aliphatic rings. The molecule has 0 bridgehead atoms. The number of fused-ring (bicyclic) bond motifs is 1. The molecular weight excluding hydrogens is 292 g/mol. The number of benzene rings is 2. The molecule has 0 fully saturated rings. The maximum Gasteiger partial charge on any atom is 0.0456 e. The van der Waals surface area contributed by atoms with Crippen LogP contribution < -0.4 is 5.32 Å². The normalized spacial score (nSPS) is 17.9. The van der Waals surface area contributed by atoms with E-state index in [1.807, 2.05) is 6.20 Å². The molecule has 1 aliphatic heterocycles. The monoisotopic (exact) mass is 316 g/mol. The van der Waals surface area contributed by atoms with Crippen LogP contribution in [0.4, 0.5) is 0 Å². The predicted molar refractivity (Wildman–Crippen MR) is 102 cm³/mol. The van der Waals surface area contributed by atoms with Crippen LogP contribution in [0.25, 0.3) is 16.5 Å². The largest absolute Gasteiger partial charge is 0.361 e. The smallest absolute Gasteiger partial charge is 0.0456 e. The fourth-order valence-electron chi connectivity index (χ4n) is 3.83. The van der Waals surface area contributed by atoms with Crippen molar-refractivity contribution in [3.05, 3.63) is 77.5 Å². The second-order valence-electron chi connectivity index (χ2n) is 6.75. The summed E-state index contributed by atoms with van der Waals surface area (Å²) in [6.07, 6.45) is 7.80. The molecule has 4 rings (SSSR count). The Balaban J connectivity index is 1.46. The van der Waals surface area contributed by atoms with Gasteiger partial charge in [0.2, 0.25) is 0 Å². The zero-order valence-electron chi connectivity index (χ0n) is 14.2. The summed E-state index contributed by atoms with van der Waals surface area (Å²) in [6.45, 7) is 3.18. The van der Waals surface area contributed by atoms with Gasteiger partial charge in [0.1, 0.15) is 0 Å². The van der Waals surface area contributed by atoms with E-state index in [2.05, 4.69) is 71.8 Å². The first kappa shape index (κ1) is 15.2. The molecule has 3 aromatic rings. The molecular formula is C22H24N2. The molecule has 0 saturated carbocycles. The van der Waals surface area contributed by atoms with E-state index in [-0.39, 0.29) is 0 Å². The van der Waals surface area contributed by atoms with Gasteiger partial charge in [-0.15, -0.1) is 0 Å². The molecule has 24 heavy (non-hydrogen) atoms. The maximum atomic E-state index is 3.67. The lowest BCUT2D eigenvalue weighted by Gasteiger charge is -2.25. The average Bonchev–Trinajstić information content (AvgIpc) is 3.10. The topological polar surface area (TPSA) is 27.8 Å². The molecule has 0 spiro atoms. The summed E-state index contributed by atoms with van der Waals surface area (Å²) in [6, 6.07) is 18.0. The standard InChI is InChI=1S/C22H24N2/c1-16-5-2-3-7-20(16)18-11-13-23-19(15-18)10-9-17-6-4-8-22-21(17)12-14-24-22/h2-8,11-12,14,19,23-24H,9-10,13,15H2,1H3. The Morgan fingerprint density at radius 3 is 2.88 bits per heavy atom. The molecule has 0 amide bonds. The van der Waals surface area contributed by atoms with Gasteiger partial charge in [-0.25, -0.2) is 0 Å². The summed E-state index contributed by atoms with van der Waals surface area (Å²) in [5.74, 6) is 0. The first-order valence-corrected chi connectivity index (χ1v) is 8.84. The van der Waals surface area contributed by atoms with Gasteiger partial charge in [0.05, 0.1) is 0 Å². The van der Waals surface area contributed by atoms with Crippen molar-refractivity contribution < 1.29 is 0 Å². The highest BCUT2D eigenvalue weighted by Crippen LogP contribution is 2.27. The highest BCUT2D eigenvalue weighted by Gasteiger charge is 2.17.